The van der Waals surface area contributed by atoms with Crippen LogP contribution in [-0.2, 0) is 9.47 Å². The van der Waals surface area contributed by atoms with Gasteiger partial charge in [-0.05, 0) is 26.7 Å². The van der Waals surface area contributed by atoms with Crippen LogP contribution >= 0.6 is 0 Å². The number of rotatable bonds is 0. The van der Waals surface area contributed by atoms with Gasteiger partial charge in [0, 0.05) is 12.3 Å². The maximum absolute atomic E-state index is 6.07. The van der Waals surface area contributed by atoms with Crippen LogP contribution in [0.25, 0.3) is 0 Å². The van der Waals surface area contributed by atoms with E-state index in [4.69, 9.17) is 9.47 Å². The van der Waals surface area contributed by atoms with Crippen LogP contribution in [-0.4, -0.2) is 18.0 Å². The smallest absolute Gasteiger partial charge is 0.171 e. The van der Waals surface area contributed by atoms with Crippen LogP contribution in [0.2, 0.25) is 0 Å². The van der Waals surface area contributed by atoms with Crippen molar-refractivity contribution in [1.29, 1.82) is 0 Å². The zero-order valence-corrected chi connectivity index (χ0v) is 8.93. The normalized spacial score (nSPS) is 44.1. The Bertz CT molecular complexity index is 200. The van der Waals surface area contributed by atoms with Crippen LogP contribution in [0.1, 0.15) is 46.5 Å². The fourth-order valence-electron chi connectivity index (χ4n) is 2.48. The molecule has 13 heavy (non-hydrogen) atoms. The van der Waals surface area contributed by atoms with Gasteiger partial charge in [0.15, 0.2) is 5.79 Å². The second kappa shape index (κ2) is 2.96. The number of ether oxygens (including phenoxy) is 2. The lowest BCUT2D eigenvalue weighted by Gasteiger charge is -2.38. The fourth-order valence-corrected chi connectivity index (χ4v) is 2.48. The van der Waals surface area contributed by atoms with Gasteiger partial charge < -0.3 is 9.47 Å². The van der Waals surface area contributed by atoms with Crippen LogP contribution in [0.15, 0.2) is 0 Å². The van der Waals surface area contributed by atoms with Gasteiger partial charge in [0.25, 0.3) is 0 Å². The summed E-state index contributed by atoms with van der Waals surface area (Å²) in [7, 11) is 0. The molecule has 2 atom stereocenters. The van der Waals surface area contributed by atoms with Gasteiger partial charge >= 0.3 is 0 Å². The summed E-state index contributed by atoms with van der Waals surface area (Å²) in [4.78, 5) is 0. The molecule has 1 aliphatic heterocycles. The molecule has 1 saturated carbocycles. The Kier molecular flexibility index (Phi) is 2.16. The third-order valence-electron chi connectivity index (χ3n) is 3.28. The SMILES string of the molecule is CC1CCCCC12OCC(C)(C)O2. The Morgan fingerprint density at radius 1 is 1.23 bits per heavy atom. The molecule has 0 bridgehead atoms. The number of hydrogen-bond acceptors (Lipinski definition) is 2. The van der Waals surface area contributed by atoms with Crippen molar-refractivity contribution in [2.45, 2.75) is 57.8 Å². The highest BCUT2D eigenvalue weighted by Gasteiger charge is 2.49. The molecular weight excluding hydrogens is 164 g/mol. The van der Waals surface area contributed by atoms with Gasteiger partial charge in [0.05, 0.1) is 12.2 Å². The molecule has 2 unspecified atom stereocenters. The van der Waals surface area contributed by atoms with E-state index in [-0.39, 0.29) is 11.4 Å². The topological polar surface area (TPSA) is 18.5 Å². The molecule has 2 heteroatoms. The summed E-state index contributed by atoms with van der Waals surface area (Å²) in [5.41, 5.74) is -0.0778. The second-order valence-corrected chi connectivity index (χ2v) is 5.11. The third kappa shape index (κ3) is 1.62. The molecule has 0 aromatic heterocycles. The zero-order valence-electron chi connectivity index (χ0n) is 8.93. The maximum Gasteiger partial charge on any atom is 0.171 e. The van der Waals surface area contributed by atoms with E-state index in [1.165, 1.54) is 19.3 Å². The van der Waals surface area contributed by atoms with Crippen LogP contribution < -0.4 is 0 Å². The molecule has 0 aromatic rings. The summed E-state index contributed by atoms with van der Waals surface area (Å²) < 4.78 is 12.0. The van der Waals surface area contributed by atoms with E-state index < -0.39 is 0 Å². The van der Waals surface area contributed by atoms with Crippen LogP contribution in [0.3, 0.4) is 0 Å². The molecule has 0 N–H and O–H groups in total. The predicted octanol–water partition coefficient (Wildman–Crippen LogP) is 2.72. The van der Waals surface area contributed by atoms with E-state index in [0.29, 0.717) is 5.92 Å². The monoisotopic (exact) mass is 184 g/mol. The van der Waals surface area contributed by atoms with Crippen LogP contribution in [0, 0.1) is 5.92 Å². The molecule has 1 spiro atoms. The van der Waals surface area contributed by atoms with E-state index in [9.17, 15) is 0 Å². The molecular formula is C11H20O2. The first kappa shape index (κ1) is 9.47. The minimum absolute atomic E-state index is 0.0778. The molecule has 2 rings (SSSR count). The Labute approximate surface area is 80.6 Å². The van der Waals surface area contributed by atoms with E-state index in [2.05, 4.69) is 20.8 Å². The molecule has 1 aliphatic carbocycles. The minimum atomic E-state index is -0.234. The first-order valence-electron chi connectivity index (χ1n) is 5.38. The summed E-state index contributed by atoms with van der Waals surface area (Å²) in [6, 6.07) is 0. The average Bonchev–Trinajstić information content (AvgIpc) is 2.35. The summed E-state index contributed by atoms with van der Waals surface area (Å²) in [5.74, 6) is 0.324. The quantitative estimate of drug-likeness (QED) is 0.576. The Balaban J connectivity index is 2.12. The lowest BCUT2D eigenvalue weighted by Crippen LogP contribution is -2.42. The molecule has 2 nitrogen and oxygen atoms in total. The highest BCUT2D eigenvalue weighted by molar-refractivity contribution is 4.90. The van der Waals surface area contributed by atoms with Gasteiger partial charge in [-0.15, -0.1) is 0 Å². The highest BCUT2D eigenvalue weighted by atomic mass is 16.8. The second-order valence-electron chi connectivity index (χ2n) is 5.11. The van der Waals surface area contributed by atoms with Gasteiger partial charge in [-0.25, -0.2) is 0 Å². The molecule has 1 saturated heterocycles. The van der Waals surface area contributed by atoms with Gasteiger partial charge in [-0.3, -0.25) is 0 Å². The van der Waals surface area contributed by atoms with Crippen molar-refractivity contribution in [2.24, 2.45) is 5.92 Å². The summed E-state index contributed by atoms with van der Waals surface area (Å²) >= 11 is 0. The van der Waals surface area contributed by atoms with Crippen molar-refractivity contribution >= 4 is 0 Å². The molecule has 0 radical (unpaired) electrons. The largest absolute Gasteiger partial charge is 0.347 e. The minimum Gasteiger partial charge on any atom is -0.347 e. The molecule has 1 heterocycles. The average molecular weight is 184 g/mol. The van der Waals surface area contributed by atoms with Gasteiger partial charge in [0.1, 0.15) is 0 Å². The van der Waals surface area contributed by atoms with Gasteiger partial charge in [-0.2, -0.15) is 0 Å². The molecule has 0 aromatic carbocycles. The maximum atomic E-state index is 6.07. The van der Waals surface area contributed by atoms with Crippen molar-refractivity contribution in [3.8, 4) is 0 Å². The lowest BCUT2D eigenvalue weighted by atomic mass is 9.84. The first-order valence-corrected chi connectivity index (χ1v) is 5.38. The predicted molar refractivity (Wildman–Crippen MR) is 51.5 cm³/mol. The van der Waals surface area contributed by atoms with E-state index in [1.54, 1.807) is 0 Å². The fraction of sp³-hybridized carbons (Fsp3) is 1.00. The van der Waals surface area contributed by atoms with Crippen molar-refractivity contribution < 1.29 is 9.47 Å². The highest BCUT2D eigenvalue weighted by Crippen LogP contribution is 2.44. The lowest BCUT2D eigenvalue weighted by molar-refractivity contribution is -0.227. The van der Waals surface area contributed by atoms with Crippen molar-refractivity contribution in [3.05, 3.63) is 0 Å². The summed E-state index contributed by atoms with van der Waals surface area (Å²) in [5, 5.41) is 0. The standard InChI is InChI=1S/C11H20O2/c1-9-6-4-5-7-11(9)12-8-10(2,3)13-11/h9H,4-8H2,1-3H3. The van der Waals surface area contributed by atoms with Gasteiger partial charge in [0.2, 0.25) is 0 Å². The van der Waals surface area contributed by atoms with E-state index in [0.717, 1.165) is 13.0 Å². The van der Waals surface area contributed by atoms with Gasteiger partial charge in [-0.1, -0.05) is 13.3 Å². The first-order chi connectivity index (χ1) is 6.04. The van der Waals surface area contributed by atoms with Crippen molar-refractivity contribution in [1.82, 2.24) is 0 Å². The van der Waals surface area contributed by atoms with Crippen molar-refractivity contribution in [2.75, 3.05) is 6.61 Å². The summed E-state index contributed by atoms with van der Waals surface area (Å²) in [6.45, 7) is 7.23. The zero-order chi connectivity index (χ0) is 9.53. The third-order valence-corrected chi connectivity index (χ3v) is 3.28. The molecule has 76 valence electrons. The Morgan fingerprint density at radius 2 is 2.00 bits per heavy atom. The molecule has 0 amide bonds. The Morgan fingerprint density at radius 3 is 2.54 bits per heavy atom. The molecule has 2 aliphatic rings. The number of hydrogen-bond donors (Lipinski definition) is 0. The Hall–Kier alpha value is -0.0800. The summed E-state index contributed by atoms with van der Waals surface area (Å²) in [6.07, 6.45) is 4.91. The van der Waals surface area contributed by atoms with E-state index in [1.807, 2.05) is 0 Å². The van der Waals surface area contributed by atoms with E-state index >= 15 is 0 Å². The molecule has 2 fully saturated rings. The van der Waals surface area contributed by atoms with Crippen molar-refractivity contribution in [3.63, 3.8) is 0 Å². The van der Waals surface area contributed by atoms with Crippen LogP contribution in [0.5, 0.6) is 0 Å². The van der Waals surface area contributed by atoms with Crippen LogP contribution in [0.4, 0.5) is 0 Å².